The molecule has 2 heterocycles. The lowest BCUT2D eigenvalue weighted by molar-refractivity contribution is -0.122. The van der Waals surface area contributed by atoms with E-state index in [4.69, 9.17) is 9.47 Å². The molecule has 28 heavy (non-hydrogen) atoms. The highest BCUT2D eigenvalue weighted by molar-refractivity contribution is 7.89. The Kier molecular flexibility index (Phi) is 4.35. The van der Waals surface area contributed by atoms with Gasteiger partial charge in [0.15, 0.2) is 0 Å². The van der Waals surface area contributed by atoms with Crippen LogP contribution in [0.5, 0.6) is 11.5 Å². The number of fused-ring (bicyclic) bond motifs is 2. The van der Waals surface area contributed by atoms with Crippen LogP contribution < -0.4 is 14.4 Å². The lowest BCUT2D eigenvalue weighted by atomic mass is 9.81. The molecule has 2 aliphatic heterocycles. The van der Waals surface area contributed by atoms with E-state index < -0.39 is 15.4 Å². The fraction of sp³-hybridized carbons (Fsp3) is 0.350. The number of nitrogens with zero attached hydrogens (tertiary/aromatic N) is 2. The molecular weight excluding hydrogens is 380 g/mol. The minimum absolute atomic E-state index is 0.0403. The molecule has 1 atom stereocenters. The lowest BCUT2D eigenvalue weighted by Gasteiger charge is -2.24. The Labute approximate surface area is 164 Å². The standard InChI is InChI=1S/C20H22N2O5S/c1-21-16-7-5-4-6-15(16)20(19(21)23)10-11-22(13-20)28(24,25)18-12-14(26-2)8-9-17(18)27-3/h4-9,12H,10-11,13H2,1-3H3/t20-/m1/s1. The number of rotatable bonds is 4. The van der Waals surface area contributed by atoms with Crippen LogP contribution in [0.25, 0.3) is 0 Å². The van der Waals surface area contributed by atoms with Crippen LogP contribution in [0, 0.1) is 0 Å². The van der Waals surface area contributed by atoms with Gasteiger partial charge < -0.3 is 14.4 Å². The molecule has 1 fully saturated rings. The van der Waals surface area contributed by atoms with Crippen LogP contribution in [-0.4, -0.2) is 53.0 Å². The summed E-state index contributed by atoms with van der Waals surface area (Å²) in [6.07, 6.45) is 0.443. The zero-order valence-corrected chi connectivity index (χ0v) is 16.8. The molecule has 1 spiro atoms. The molecular formula is C20H22N2O5S. The molecule has 8 heteroatoms. The predicted octanol–water partition coefficient (Wildman–Crippen LogP) is 2.01. The van der Waals surface area contributed by atoms with Crippen molar-refractivity contribution in [2.75, 3.05) is 39.3 Å². The summed E-state index contributed by atoms with van der Waals surface area (Å²) in [7, 11) is 0.779. The maximum atomic E-state index is 13.4. The minimum atomic E-state index is -3.86. The van der Waals surface area contributed by atoms with E-state index in [1.54, 1.807) is 24.1 Å². The number of carbonyl (C=O) groups is 1. The smallest absolute Gasteiger partial charge is 0.246 e. The summed E-state index contributed by atoms with van der Waals surface area (Å²) in [5.74, 6) is 0.608. The van der Waals surface area contributed by atoms with E-state index >= 15 is 0 Å². The summed E-state index contributed by atoms with van der Waals surface area (Å²) in [4.78, 5) is 14.7. The van der Waals surface area contributed by atoms with Crippen molar-refractivity contribution in [3.8, 4) is 11.5 Å². The van der Waals surface area contributed by atoms with Gasteiger partial charge in [-0.2, -0.15) is 4.31 Å². The first-order valence-electron chi connectivity index (χ1n) is 8.95. The van der Waals surface area contributed by atoms with Crippen molar-refractivity contribution in [2.45, 2.75) is 16.7 Å². The molecule has 2 aliphatic rings. The van der Waals surface area contributed by atoms with Crippen LogP contribution in [-0.2, 0) is 20.2 Å². The summed E-state index contributed by atoms with van der Waals surface area (Å²) >= 11 is 0. The number of para-hydroxylation sites is 1. The van der Waals surface area contributed by atoms with Crippen LogP contribution in [0.15, 0.2) is 47.4 Å². The van der Waals surface area contributed by atoms with E-state index in [1.807, 2.05) is 24.3 Å². The average molecular weight is 402 g/mol. The molecule has 0 N–H and O–H groups in total. The van der Waals surface area contributed by atoms with Crippen LogP contribution in [0.2, 0.25) is 0 Å². The Morgan fingerprint density at radius 1 is 1.07 bits per heavy atom. The Morgan fingerprint density at radius 3 is 2.54 bits per heavy atom. The number of ether oxygens (including phenoxy) is 2. The van der Waals surface area contributed by atoms with Gasteiger partial charge in [-0.1, -0.05) is 18.2 Å². The van der Waals surface area contributed by atoms with E-state index in [0.29, 0.717) is 12.2 Å². The van der Waals surface area contributed by atoms with Crippen molar-refractivity contribution in [3.63, 3.8) is 0 Å². The third-order valence-electron chi connectivity index (χ3n) is 5.72. The van der Waals surface area contributed by atoms with E-state index in [9.17, 15) is 13.2 Å². The van der Waals surface area contributed by atoms with Crippen LogP contribution in [0.4, 0.5) is 5.69 Å². The second-order valence-corrected chi connectivity index (χ2v) is 8.98. The van der Waals surface area contributed by atoms with E-state index in [-0.39, 0.29) is 29.6 Å². The first kappa shape index (κ1) is 18.8. The summed E-state index contributed by atoms with van der Waals surface area (Å²) in [5, 5.41) is 0. The highest BCUT2D eigenvalue weighted by atomic mass is 32.2. The van der Waals surface area contributed by atoms with Gasteiger partial charge in [-0.05, 0) is 30.2 Å². The monoisotopic (exact) mass is 402 g/mol. The molecule has 2 aromatic rings. The Hall–Kier alpha value is -2.58. The van der Waals surface area contributed by atoms with Gasteiger partial charge in [0.2, 0.25) is 15.9 Å². The number of likely N-dealkylation sites (N-methyl/N-ethyl adjacent to an activating group) is 1. The van der Waals surface area contributed by atoms with Gasteiger partial charge in [-0.15, -0.1) is 0 Å². The fourth-order valence-corrected chi connectivity index (χ4v) is 5.89. The predicted molar refractivity (Wildman–Crippen MR) is 104 cm³/mol. The molecule has 1 amide bonds. The summed E-state index contributed by atoms with van der Waals surface area (Å²) in [6, 6.07) is 12.2. The number of methoxy groups -OCH3 is 2. The Bertz CT molecular complexity index is 1050. The average Bonchev–Trinajstić information content (AvgIpc) is 3.26. The van der Waals surface area contributed by atoms with Gasteiger partial charge in [0.1, 0.15) is 16.4 Å². The summed E-state index contributed by atoms with van der Waals surface area (Å²) in [6.45, 7) is 0.368. The van der Waals surface area contributed by atoms with Crippen LogP contribution in [0.1, 0.15) is 12.0 Å². The maximum absolute atomic E-state index is 13.4. The number of amides is 1. The van der Waals surface area contributed by atoms with Gasteiger partial charge in [0, 0.05) is 31.9 Å². The molecule has 0 aliphatic carbocycles. The maximum Gasteiger partial charge on any atom is 0.246 e. The molecule has 2 aromatic carbocycles. The summed E-state index contributed by atoms with van der Waals surface area (Å²) in [5.41, 5.74) is 0.883. The third-order valence-corrected chi connectivity index (χ3v) is 7.58. The normalized spacial score (nSPS) is 22.0. The van der Waals surface area contributed by atoms with Gasteiger partial charge in [0.25, 0.3) is 0 Å². The Balaban J connectivity index is 1.75. The highest BCUT2D eigenvalue weighted by Crippen LogP contribution is 2.48. The number of hydrogen-bond acceptors (Lipinski definition) is 5. The molecule has 1 saturated heterocycles. The van der Waals surface area contributed by atoms with E-state index in [0.717, 1.165) is 11.3 Å². The molecule has 4 rings (SSSR count). The van der Waals surface area contributed by atoms with Crippen LogP contribution in [0.3, 0.4) is 0 Å². The van der Waals surface area contributed by atoms with Crippen LogP contribution >= 0.6 is 0 Å². The highest BCUT2D eigenvalue weighted by Gasteiger charge is 2.55. The first-order chi connectivity index (χ1) is 13.3. The van der Waals surface area contributed by atoms with Gasteiger partial charge in [0.05, 0.1) is 19.6 Å². The van der Waals surface area contributed by atoms with Gasteiger partial charge in [-0.25, -0.2) is 8.42 Å². The fourth-order valence-electron chi connectivity index (χ4n) is 4.22. The molecule has 0 saturated carbocycles. The molecule has 0 unspecified atom stereocenters. The second-order valence-electron chi connectivity index (χ2n) is 7.07. The van der Waals surface area contributed by atoms with E-state index in [2.05, 4.69) is 0 Å². The molecule has 148 valence electrons. The molecule has 7 nitrogen and oxygen atoms in total. The first-order valence-corrected chi connectivity index (χ1v) is 10.4. The largest absolute Gasteiger partial charge is 0.497 e. The number of benzene rings is 2. The zero-order chi connectivity index (χ0) is 20.1. The van der Waals surface area contributed by atoms with Gasteiger partial charge in [-0.3, -0.25) is 4.79 Å². The SMILES string of the molecule is COc1ccc(OC)c(S(=O)(=O)N2CC[C@]3(C2)C(=O)N(C)c2ccccc23)c1. The lowest BCUT2D eigenvalue weighted by Crippen LogP contribution is -2.42. The van der Waals surface area contributed by atoms with Crippen molar-refractivity contribution in [2.24, 2.45) is 0 Å². The Morgan fingerprint density at radius 2 is 1.82 bits per heavy atom. The third kappa shape index (κ3) is 2.51. The summed E-state index contributed by atoms with van der Waals surface area (Å²) < 4.78 is 38.6. The topological polar surface area (TPSA) is 76.1 Å². The van der Waals surface area contributed by atoms with E-state index in [1.165, 1.54) is 24.6 Å². The quantitative estimate of drug-likeness (QED) is 0.782. The molecule has 0 bridgehead atoms. The van der Waals surface area contributed by atoms with Crippen molar-refractivity contribution >= 4 is 21.6 Å². The molecule has 0 radical (unpaired) electrons. The van der Waals surface area contributed by atoms with Crippen molar-refractivity contribution in [1.82, 2.24) is 4.31 Å². The molecule has 0 aromatic heterocycles. The number of hydrogen-bond donors (Lipinski definition) is 0. The van der Waals surface area contributed by atoms with Crippen molar-refractivity contribution in [1.29, 1.82) is 0 Å². The number of carbonyl (C=O) groups excluding carboxylic acids is 1. The second kappa shape index (κ2) is 6.49. The number of anilines is 1. The zero-order valence-electron chi connectivity index (χ0n) is 16.0. The van der Waals surface area contributed by atoms with Crippen molar-refractivity contribution < 1.29 is 22.7 Å². The van der Waals surface area contributed by atoms with Gasteiger partial charge >= 0.3 is 0 Å². The van der Waals surface area contributed by atoms with Crippen molar-refractivity contribution in [3.05, 3.63) is 48.0 Å². The number of sulfonamides is 1. The minimum Gasteiger partial charge on any atom is -0.497 e.